The molecule has 0 spiro atoms. The van der Waals surface area contributed by atoms with Crippen LogP contribution in [0.3, 0.4) is 0 Å². The van der Waals surface area contributed by atoms with Crippen LogP contribution in [0.2, 0.25) is 0 Å². The maximum atomic E-state index is 5.97. The molecule has 2 aliphatic rings. The van der Waals surface area contributed by atoms with E-state index in [9.17, 15) is 0 Å². The first-order chi connectivity index (χ1) is 7.76. The lowest BCUT2D eigenvalue weighted by Crippen LogP contribution is -2.40. The van der Waals surface area contributed by atoms with Crippen molar-refractivity contribution < 1.29 is 4.74 Å². The fourth-order valence-electron chi connectivity index (χ4n) is 3.13. The molecule has 0 aromatic carbocycles. The molecule has 0 bridgehead atoms. The zero-order chi connectivity index (χ0) is 11.4. The Labute approximate surface area is 99.1 Å². The summed E-state index contributed by atoms with van der Waals surface area (Å²) in [5.74, 6) is 0.523. The predicted molar refractivity (Wildman–Crippen MR) is 66.3 cm³/mol. The monoisotopic (exact) mass is 226 g/mol. The van der Waals surface area contributed by atoms with Crippen LogP contribution in [0, 0.1) is 11.3 Å². The van der Waals surface area contributed by atoms with Gasteiger partial charge in [-0.1, -0.05) is 19.8 Å². The molecule has 0 aromatic heterocycles. The molecule has 1 aliphatic heterocycles. The van der Waals surface area contributed by atoms with E-state index >= 15 is 0 Å². The van der Waals surface area contributed by atoms with E-state index in [1.54, 1.807) is 0 Å². The molecule has 1 saturated carbocycles. The lowest BCUT2D eigenvalue weighted by atomic mass is 9.83. The van der Waals surface area contributed by atoms with E-state index in [4.69, 9.17) is 10.5 Å². The Morgan fingerprint density at radius 1 is 1.31 bits per heavy atom. The zero-order valence-electron chi connectivity index (χ0n) is 10.5. The highest BCUT2D eigenvalue weighted by molar-refractivity contribution is 4.87. The SMILES string of the molecule is CCC1(CNCC2COCC2N)CCCC1. The third kappa shape index (κ3) is 2.76. The van der Waals surface area contributed by atoms with Crippen molar-refractivity contribution >= 4 is 0 Å². The Bertz CT molecular complexity index is 214. The standard InChI is InChI=1S/C13H26N2O/c1-2-13(5-3-4-6-13)10-15-7-11-8-16-9-12(11)14/h11-12,15H,2-10,14H2,1H3. The van der Waals surface area contributed by atoms with Gasteiger partial charge in [-0.2, -0.15) is 0 Å². The average Bonchev–Trinajstić information content (AvgIpc) is 2.90. The van der Waals surface area contributed by atoms with Crippen LogP contribution in [-0.2, 0) is 4.74 Å². The molecular formula is C13H26N2O. The summed E-state index contributed by atoms with van der Waals surface area (Å²) in [5, 5.41) is 3.63. The number of hydrogen-bond acceptors (Lipinski definition) is 3. The largest absolute Gasteiger partial charge is 0.379 e. The summed E-state index contributed by atoms with van der Waals surface area (Å²) >= 11 is 0. The molecular weight excluding hydrogens is 200 g/mol. The van der Waals surface area contributed by atoms with Crippen LogP contribution in [0.5, 0.6) is 0 Å². The molecule has 3 nitrogen and oxygen atoms in total. The fourth-order valence-corrected chi connectivity index (χ4v) is 3.13. The van der Waals surface area contributed by atoms with Crippen molar-refractivity contribution in [2.75, 3.05) is 26.3 Å². The van der Waals surface area contributed by atoms with Gasteiger partial charge in [-0.3, -0.25) is 0 Å². The van der Waals surface area contributed by atoms with Crippen LogP contribution in [0.4, 0.5) is 0 Å². The molecule has 2 unspecified atom stereocenters. The van der Waals surface area contributed by atoms with E-state index in [2.05, 4.69) is 12.2 Å². The van der Waals surface area contributed by atoms with Gasteiger partial charge < -0.3 is 15.8 Å². The van der Waals surface area contributed by atoms with Crippen molar-refractivity contribution in [1.82, 2.24) is 5.32 Å². The molecule has 94 valence electrons. The highest BCUT2D eigenvalue weighted by Crippen LogP contribution is 2.40. The molecule has 0 radical (unpaired) electrons. The molecule has 2 rings (SSSR count). The Morgan fingerprint density at radius 3 is 2.62 bits per heavy atom. The Morgan fingerprint density at radius 2 is 2.06 bits per heavy atom. The topological polar surface area (TPSA) is 47.3 Å². The van der Waals surface area contributed by atoms with Crippen molar-refractivity contribution in [3.05, 3.63) is 0 Å². The highest BCUT2D eigenvalue weighted by atomic mass is 16.5. The molecule has 3 N–H and O–H groups in total. The van der Waals surface area contributed by atoms with Crippen LogP contribution in [0.15, 0.2) is 0 Å². The van der Waals surface area contributed by atoms with Crippen LogP contribution in [0.25, 0.3) is 0 Å². The summed E-state index contributed by atoms with van der Waals surface area (Å²) in [6.45, 7) is 6.12. The number of hydrogen-bond donors (Lipinski definition) is 2. The second-order valence-corrected chi connectivity index (χ2v) is 5.65. The molecule has 0 aromatic rings. The van der Waals surface area contributed by atoms with Crippen LogP contribution in [0.1, 0.15) is 39.0 Å². The molecule has 0 amide bonds. The Kier molecular flexibility index (Phi) is 4.22. The van der Waals surface area contributed by atoms with Crippen molar-refractivity contribution in [2.45, 2.75) is 45.1 Å². The number of nitrogens with one attached hydrogen (secondary N) is 1. The average molecular weight is 226 g/mol. The zero-order valence-corrected chi connectivity index (χ0v) is 10.5. The lowest BCUT2D eigenvalue weighted by molar-refractivity contribution is 0.182. The predicted octanol–water partition coefficient (Wildman–Crippen LogP) is 1.52. The normalized spacial score (nSPS) is 33.4. The maximum Gasteiger partial charge on any atom is 0.0621 e. The molecule has 1 heterocycles. The summed E-state index contributed by atoms with van der Waals surface area (Å²) in [5.41, 5.74) is 6.56. The van der Waals surface area contributed by atoms with Crippen molar-refractivity contribution in [1.29, 1.82) is 0 Å². The molecule has 3 heteroatoms. The smallest absolute Gasteiger partial charge is 0.0621 e. The van der Waals surface area contributed by atoms with Gasteiger partial charge in [-0.25, -0.2) is 0 Å². The van der Waals surface area contributed by atoms with E-state index in [1.807, 2.05) is 0 Å². The Balaban J connectivity index is 1.70. The van der Waals surface area contributed by atoms with Gasteiger partial charge in [0.15, 0.2) is 0 Å². The van der Waals surface area contributed by atoms with E-state index in [-0.39, 0.29) is 6.04 Å². The molecule has 1 saturated heterocycles. The van der Waals surface area contributed by atoms with E-state index < -0.39 is 0 Å². The summed E-state index contributed by atoms with van der Waals surface area (Å²) in [6, 6.07) is 0.244. The van der Waals surface area contributed by atoms with Gasteiger partial charge in [0, 0.05) is 25.0 Å². The quantitative estimate of drug-likeness (QED) is 0.747. The van der Waals surface area contributed by atoms with Gasteiger partial charge in [0.2, 0.25) is 0 Å². The van der Waals surface area contributed by atoms with Gasteiger partial charge in [0.1, 0.15) is 0 Å². The second-order valence-electron chi connectivity index (χ2n) is 5.65. The minimum Gasteiger partial charge on any atom is -0.379 e. The molecule has 1 aliphatic carbocycles. The minimum absolute atomic E-state index is 0.244. The second kappa shape index (κ2) is 5.48. The Hall–Kier alpha value is -0.120. The number of nitrogens with two attached hydrogens (primary N) is 1. The van der Waals surface area contributed by atoms with Gasteiger partial charge >= 0.3 is 0 Å². The van der Waals surface area contributed by atoms with Gasteiger partial charge in [0.25, 0.3) is 0 Å². The van der Waals surface area contributed by atoms with Crippen LogP contribution >= 0.6 is 0 Å². The first kappa shape index (κ1) is 12.3. The minimum atomic E-state index is 0.244. The number of rotatable bonds is 5. The van der Waals surface area contributed by atoms with E-state index in [0.717, 1.165) is 19.8 Å². The van der Waals surface area contributed by atoms with E-state index in [1.165, 1.54) is 38.6 Å². The first-order valence-corrected chi connectivity index (χ1v) is 6.80. The van der Waals surface area contributed by atoms with Crippen molar-refractivity contribution in [2.24, 2.45) is 17.1 Å². The van der Waals surface area contributed by atoms with Crippen LogP contribution in [-0.4, -0.2) is 32.3 Å². The molecule has 16 heavy (non-hydrogen) atoms. The summed E-state index contributed by atoms with van der Waals surface area (Å²) in [4.78, 5) is 0. The molecule has 2 atom stereocenters. The van der Waals surface area contributed by atoms with Crippen molar-refractivity contribution in [3.63, 3.8) is 0 Å². The summed E-state index contributed by atoms with van der Waals surface area (Å²) < 4.78 is 5.38. The molecule has 2 fully saturated rings. The summed E-state index contributed by atoms with van der Waals surface area (Å²) in [6.07, 6.45) is 6.96. The highest BCUT2D eigenvalue weighted by Gasteiger charge is 2.32. The van der Waals surface area contributed by atoms with Gasteiger partial charge in [-0.15, -0.1) is 0 Å². The third-order valence-corrected chi connectivity index (χ3v) is 4.57. The lowest BCUT2D eigenvalue weighted by Gasteiger charge is -2.28. The van der Waals surface area contributed by atoms with E-state index in [0.29, 0.717) is 11.3 Å². The fraction of sp³-hybridized carbons (Fsp3) is 1.00. The van der Waals surface area contributed by atoms with Gasteiger partial charge in [0.05, 0.1) is 13.2 Å². The van der Waals surface area contributed by atoms with Gasteiger partial charge in [-0.05, 0) is 24.7 Å². The van der Waals surface area contributed by atoms with Crippen molar-refractivity contribution in [3.8, 4) is 0 Å². The first-order valence-electron chi connectivity index (χ1n) is 6.80. The maximum absolute atomic E-state index is 5.97. The summed E-state index contributed by atoms with van der Waals surface area (Å²) in [7, 11) is 0. The number of ether oxygens (including phenoxy) is 1. The van der Waals surface area contributed by atoms with Crippen LogP contribution < -0.4 is 11.1 Å². The third-order valence-electron chi connectivity index (χ3n) is 4.57.